The minimum absolute atomic E-state index is 0.169. The standard InChI is InChI=1S/C21H28ClN3O3/c1-5-6-13-25-21(22)17(15(2)24-25)8-10-20(26)23-12-11-16-7-9-18(27-3)19(14-16)28-4/h7-10,14H,5-6,11-13H2,1-4H3,(H,23,26)/b10-8+. The normalized spacial score (nSPS) is 11.0. The molecule has 1 N–H and O–H groups in total. The molecule has 0 aliphatic carbocycles. The number of unbranched alkanes of at least 4 members (excludes halogenated alkanes) is 1. The van der Waals surface area contributed by atoms with E-state index in [1.165, 1.54) is 6.08 Å². The summed E-state index contributed by atoms with van der Waals surface area (Å²) in [4.78, 5) is 12.1. The van der Waals surface area contributed by atoms with Gasteiger partial charge in [-0.15, -0.1) is 0 Å². The van der Waals surface area contributed by atoms with Gasteiger partial charge in [0, 0.05) is 24.7 Å². The van der Waals surface area contributed by atoms with E-state index in [1.807, 2.05) is 25.1 Å². The molecule has 7 heteroatoms. The largest absolute Gasteiger partial charge is 0.493 e. The number of methoxy groups -OCH3 is 2. The van der Waals surface area contributed by atoms with Crippen LogP contribution in [0.2, 0.25) is 5.15 Å². The van der Waals surface area contributed by atoms with Gasteiger partial charge < -0.3 is 14.8 Å². The quantitative estimate of drug-likeness (QED) is 0.606. The molecule has 0 fully saturated rings. The number of halogens is 1. The molecule has 6 nitrogen and oxygen atoms in total. The molecule has 0 saturated carbocycles. The fraction of sp³-hybridized carbons (Fsp3) is 0.429. The molecule has 2 rings (SSSR count). The number of nitrogens with one attached hydrogen (secondary N) is 1. The Morgan fingerprint density at radius 3 is 2.71 bits per heavy atom. The summed E-state index contributed by atoms with van der Waals surface area (Å²) in [6.07, 6.45) is 5.99. The lowest BCUT2D eigenvalue weighted by Crippen LogP contribution is -2.23. The summed E-state index contributed by atoms with van der Waals surface area (Å²) < 4.78 is 12.3. The van der Waals surface area contributed by atoms with Crippen LogP contribution >= 0.6 is 11.6 Å². The number of carbonyl (C=O) groups is 1. The Balaban J connectivity index is 1.90. The lowest BCUT2D eigenvalue weighted by molar-refractivity contribution is -0.116. The van der Waals surface area contributed by atoms with Gasteiger partial charge in [-0.05, 0) is 43.5 Å². The Kier molecular flexibility index (Phi) is 8.39. The van der Waals surface area contributed by atoms with E-state index in [1.54, 1.807) is 25.0 Å². The number of amides is 1. The van der Waals surface area contributed by atoms with Gasteiger partial charge in [-0.25, -0.2) is 0 Å². The van der Waals surface area contributed by atoms with E-state index in [9.17, 15) is 4.79 Å². The van der Waals surface area contributed by atoms with Gasteiger partial charge in [-0.3, -0.25) is 9.48 Å². The third-order valence-corrected chi connectivity index (χ3v) is 4.79. The lowest BCUT2D eigenvalue weighted by Gasteiger charge is -2.09. The van der Waals surface area contributed by atoms with Crippen molar-refractivity contribution in [2.45, 2.75) is 39.7 Å². The number of aromatic nitrogens is 2. The third kappa shape index (κ3) is 5.76. The van der Waals surface area contributed by atoms with Crippen molar-refractivity contribution in [2.75, 3.05) is 20.8 Å². The summed E-state index contributed by atoms with van der Waals surface area (Å²) in [6.45, 7) is 5.31. The van der Waals surface area contributed by atoms with Crippen LogP contribution in [0, 0.1) is 6.92 Å². The van der Waals surface area contributed by atoms with Crippen molar-refractivity contribution in [2.24, 2.45) is 0 Å². The predicted molar refractivity (Wildman–Crippen MR) is 112 cm³/mol. The van der Waals surface area contributed by atoms with Crippen LogP contribution in [0.15, 0.2) is 24.3 Å². The highest BCUT2D eigenvalue weighted by Crippen LogP contribution is 2.27. The van der Waals surface area contributed by atoms with Crippen LogP contribution in [-0.4, -0.2) is 36.5 Å². The second-order valence-electron chi connectivity index (χ2n) is 6.43. The average molecular weight is 406 g/mol. The average Bonchev–Trinajstić information content (AvgIpc) is 2.97. The molecule has 0 saturated heterocycles. The van der Waals surface area contributed by atoms with Crippen molar-refractivity contribution in [3.63, 3.8) is 0 Å². The van der Waals surface area contributed by atoms with E-state index >= 15 is 0 Å². The molecular weight excluding hydrogens is 378 g/mol. The number of hydrogen-bond acceptors (Lipinski definition) is 4. The summed E-state index contributed by atoms with van der Waals surface area (Å²) in [5, 5.41) is 7.89. The van der Waals surface area contributed by atoms with Crippen LogP contribution in [0.1, 0.15) is 36.6 Å². The molecule has 0 atom stereocenters. The summed E-state index contributed by atoms with van der Waals surface area (Å²) in [5.74, 6) is 1.19. The highest BCUT2D eigenvalue weighted by atomic mass is 35.5. The number of benzene rings is 1. The van der Waals surface area contributed by atoms with Gasteiger partial charge in [0.25, 0.3) is 0 Å². The maximum absolute atomic E-state index is 12.1. The first-order chi connectivity index (χ1) is 13.5. The first kappa shape index (κ1) is 21.8. The molecule has 28 heavy (non-hydrogen) atoms. The Hall–Kier alpha value is -2.47. The molecule has 0 bridgehead atoms. The Morgan fingerprint density at radius 1 is 1.29 bits per heavy atom. The number of hydrogen-bond donors (Lipinski definition) is 1. The zero-order valence-electron chi connectivity index (χ0n) is 16.9. The fourth-order valence-corrected chi connectivity index (χ4v) is 3.12. The maximum Gasteiger partial charge on any atom is 0.244 e. The van der Waals surface area contributed by atoms with Crippen LogP contribution in [0.4, 0.5) is 0 Å². The first-order valence-corrected chi connectivity index (χ1v) is 9.77. The van der Waals surface area contributed by atoms with Crippen molar-refractivity contribution in [1.29, 1.82) is 0 Å². The maximum atomic E-state index is 12.1. The molecule has 0 spiro atoms. The van der Waals surface area contributed by atoms with E-state index in [2.05, 4.69) is 17.3 Å². The highest BCUT2D eigenvalue weighted by molar-refractivity contribution is 6.31. The van der Waals surface area contributed by atoms with Crippen LogP contribution < -0.4 is 14.8 Å². The second kappa shape index (κ2) is 10.8. The molecule has 1 heterocycles. The van der Waals surface area contributed by atoms with Gasteiger partial charge in [0.15, 0.2) is 11.5 Å². The molecule has 1 aromatic heterocycles. The minimum atomic E-state index is -0.169. The number of carbonyl (C=O) groups excluding carboxylic acids is 1. The number of nitrogens with zero attached hydrogens (tertiary/aromatic N) is 2. The third-order valence-electron chi connectivity index (χ3n) is 4.40. The van der Waals surface area contributed by atoms with E-state index in [0.717, 1.165) is 36.2 Å². The molecule has 1 aromatic carbocycles. The summed E-state index contributed by atoms with van der Waals surface area (Å²) in [6, 6.07) is 5.72. The Bertz CT molecular complexity index is 831. The van der Waals surface area contributed by atoms with Gasteiger partial charge in [0.2, 0.25) is 5.91 Å². The van der Waals surface area contributed by atoms with Crippen LogP contribution in [0.5, 0.6) is 11.5 Å². The molecule has 1 amide bonds. The molecule has 0 unspecified atom stereocenters. The van der Waals surface area contributed by atoms with E-state index < -0.39 is 0 Å². The van der Waals surface area contributed by atoms with E-state index in [4.69, 9.17) is 21.1 Å². The van der Waals surface area contributed by atoms with E-state index in [0.29, 0.717) is 29.6 Å². The molecular formula is C21H28ClN3O3. The van der Waals surface area contributed by atoms with Crippen molar-refractivity contribution < 1.29 is 14.3 Å². The second-order valence-corrected chi connectivity index (χ2v) is 6.79. The molecule has 0 radical (unpaired) electrons. The smallest absolute Gasteiger partial charge is 0.244 e. The predicted octanol–water partition coefficient (Wildman–Crippen LogP) is 4.03. The first-order valence-electron chi connectivity index (χ1n) is 9.39. The fourth-order valence-electron chi connectivity index (χ4n) is 2.80. The summed E-state index contributed by atoms with van der Waals surface area (Å²) >= 11 is 6.38. The van der Waals surface area contributed by atoms with Gasteiger partial charge in [0.05, 0.1) is 19.9 Å². The summed E-state index contributed by atoms with van der Waals surface area (Å²) in [5.41, 5.74) is 2.65. The van der Waals surface area contributed by atoms with Crippen molar-refractivity contribution in [3.8, 4) is 11.5 Å². The Labute approximate surface area is 171 Å². The van der Waals surface area contributed by atoms with Gasteiger partial charge in [-0.2, -0.15) is 5.10 Å². The lowest BCUT2D eigenvalue weighted by atomic mass is 10.1. The van der Waals surface area contributed by atoms with Gasteiger partial charge in [0.1, 0.15) is 5.15 Å². The molecule has 0 aliphatic heterocycles. The Morgan fingerprint density at radius 2 is 2.04 bits per heavy atom. The zero-order chi connectivity index (χ0) is 20.5. The summed E-state index contributed by atoms with van der Waals surface area (Å²) in [7, 11) is 3.21. The van der Waals surface area contributed by atoms with Gasteiger partial charge in [-0.1, -0.05) is 31.0 Å². The molecule has 152 valence electrons. The topological polar surface area (TPSA) is 65.4 Å². The minimum Gasteiger partial charge on any atom is -0.493 e. The van der Waals surface area contributed by atoms with Crippen molar-refractivity contribution in [1.82, 2.24) is 15.1 Å². The molecule has 0 aliphatic rings. The number of ether oxygens (including phenoxy) is 2. The van der Waals surface area contributed by atoms with Crippen molar-refractivity contribution >= 4 is 23.6 Å². The number of rotatable bonds is 10. The highest BCUT2D eigenvalue weighted by Gasteiger charge is 2.11. The SMILES string of the molecule is CCCCn1nc(C)c(/C=C/C(=O)NCCc2ccc(OC)c(OC)c2)c1Cl. The monoisotopic (exact) mass is 405 g/mol. The van der Waals surface area contributed by atoms with Crippen LogP contribution in [-0.2, 0) is 17.8 Å². The van der Waals surface area contributed by atoms with Gasteiger partial charge >= 0.3 is 0 Å². The van der Waals surface area contributed by atoms with Crippen LogP contribution in [0.25, 0.3) is 6.08 Å². The zero-order valence-corrected chi connectivity index (χ0v) is 17.7. The molecule has 2 aromatic rings. The van der Waals surface area contributed by atoms with E-state index in [-0.39, 0.29) is 5.91 Å². The number of aryl methyl sites for hydroxylation is 2. The van der Waals surface area contributed by atoms with Crippen LogP contribution in [0.3, 0.4) is 0 Å². The van der Waals surface area contributed by atoms with Crippen molar-refractivity contribution in [3.05, 3.63) is 46.2 Å².